The fourth-order valence-corrected chi connectivity index (χ4v) is 3.94. The van der Waals surface area contributed by atoms with Gasteiger partial charge in [0.1, 0.15) is 11.6 Å². The summed E-state index contributed by atoms with van der Waals surface area (Å²) in [5.41, 5.74) is 2.20. The van der Waals surface area contributed by atoms with Crippen molar-refractivity contribution in [1.82, 2.24) is 25.0 Å². The van der Waals surface area contributed by atoms with Gasteiger partial charge in [-0.3, -0.25) is 9.48 Å². The van der Waals surface area contributed by atoms with Crippen molar-refractivity contribution in [3.05, 3.63) is 30.1 Å². The average molecular weight is 369 g/mol. The molecule has 0 radical (unpaired) electrons. The molecular weight excluding hydrogens is 342 g/mol. The van der Waals surface area contributed by atoms with E-state index >= 15 is 0 Å². The summed E-state index contributed by atoms with van der Waals surface area (Å²) >= 11 is 0. The predicted molar refractivity (Wildman–Crippen MR) is 105 cm³/mol. The number of fused-ring (bicyclic) bond motifs is 5. The first-order valence-corrected chi connectivity index (χ1v) is 9.49. The summed E-state index contributed by atoms with van der Waals surface area (Å²) < 4.78 is 1.91. The number of hydrogen-bond donors (Lipinski definition) is 2. The second-order valence-corrected chi connectivity index (χ2v) is 7.44. The van der Waals surface area contributed by atoms with Gasteiger partial charge >= 0.3 is 0 Å². The third-order valence-electron chi connectivity index (χ3n) is 5.54. The summed E-state index contributed by atoms with van der Waals surface area (Å²) in [6.07, 6.45) is 4.40. The lowest BCUT2D eigenvalue weighted by Gasteiger charge is -2.22. The van der Waals surface area contributed by atoms with Gasteiger partial charge in [-0.2, -0.15) is 5.10 Å². The third-order valence-corrected chi connectivity index (χ3v) is 5.54. The number of nitrogens with one attached hydrogen (secondary N) is 2. The Morgan fingerprint density at radius 3 is 2.93 bits per heavy atom. The van der Waals surface area contributed by atoms with Crippen LogP contribution in [0.25, 0.3) is 0 Å². The van der Waals surface area contributed by atoms with Gasteiger partial charge < -0.3 is 20.4 Å². The van der Waals surface area contributed by atoms with Crippen LogP contribution in [0.3, 0.4) is 0 Å². The monoisotopic (exact) mass is 369 g/mol. The standard InChI is InChI=1S/C19H27N7O/c1-24-9-5-6-15-16(12-21-26(15)3)25(2)18-8-4-7-17(23-18)22-13-10-14(19(24)27)20-11-13/h4,7-8,12-14,20H,5-6,9-11H2,1-3H3,(H,22,23)/t13-,14-/m0/s1. The van der Waals surface area contributed by atoms with Crippen LogP contribution >= 0.6 is 0 Å². The SMILES string of the molecule is CN1CCCc2c(cnn2C)N(C)c2cccc(n2)N[C@@H]2CN[C@@H](C2)C1=O. The normalized spacial score (nSPS) is 23.4. The zero-order chi connectivity index (χ0) is 19.0. The van der Waals surface area contributed by atoms with E-state index in [1.807, 2.05) is 55.1 Å². The second kappa shape index (κ2) is 7.19. The molecular formula is C19H27N7O. The molecule has 2 aromatic rings. The molecule has 4 rings (SSSR count). The molecule has 2 atom stereocenters. The first-order valence-electron chi connectivity index (χ1n) is 9.49. The summed E-state index contributed by atoms with van der Waals surface area (Å²) in [4.78, 5) is 21.4. The predicted octanol–water partition coefficient (Wildman–Crippen LogP) is 1.13. The lowest BCUT2D eigenvalue weighted by molar-refractivity contribution is -0.131. The van der Waals surface area contributed by atoms with E-state index in [1.165, 1.54) is 0 Å². The zero-order valence-corrected chi connectivity index (χ0v) is 16.1. The van der Waals surface area contributed by atoms with Crippen molar-refractivity contribution >= 4 is 23.2 Å². The summed E-state index contributed by atoms with van der Waals surface area (Å²) in [5, 5.41) is 11.3. The highest BCUT2D eigenvalue weighted by atomic mass is 16.2. The van der Waals surface area contributed by atoms with Crippen LogP contribution < -0.4 is 15.5 Å². The van der Waals surface area contributed by atoms with Crippen molar-refractivity contribution in [2.45, 2.75) is 31.3 Å². The smallest absolute Gasteiger partial charge is 0.239 e. The summed E-state index contributed by atoms with van der Waals surface area (Å²) in [6.45, 7) is 1.49. The van der Waals surface area contributed by atoms with E-state index in [1.54, 1.807) is 0 Å². The largest absolute Gasteiger partial charge is 0.366 e. The summed E-state index contributed by atoms with van der Waals surface area (Å²) in [7, 11) is 5.88. The molecule has 0 saturated carbocycles. The van der Waals surface area contributed by atoms with E-state index in [4.69, 9.17) is 4.98 Å². The second-order valence-electron chi connectivity index (χ2n) is 7.44. The van der Waals surface area contributed by atoms with Crippen LogP contribution in [-0.2, 0) is 18.3 Å². The molecule has 144 valence electrons. The molecule has 0 unspecified atom stereocenters. The fourth-order valence-electron chi connectivity index (χ4n) is 3.94. The number of rotatable bonds is 0. The minimum Gasteiger partial charge on any atom is -0.366 e. The molecule has 4 bridgehead atoms. The Bertz CT molecular complexity index is 833. The Hall–Kier alpha value is -2.61. The minimum atomic E-state index is -0.129. The Morgan fingerprint density at radius 1 is 1.22 bits per heavy atom. The number of nitrogens with zero attached hydrogens (tertiary/aromatic N) is 5. The highest BCUT2D eigenvalue weighted by molar-refractivity contribution is 5.82. The molecule has 1 fully saturated rings. The Balaban J connectivity index is 1.68. The van der Waals surface area contributed by atoms with Crippen LogP contribution in [0.2, 0.25) is 0 Å². The quantitative estimate of drug-likeness (QED) is 0.725. The van der Waals surface area contributed by atoms with Crippen molar-refractivity contribution in [3.8, 4) is 0 Å². The summed E-state index contributed by atoms with van der Waals surface area (Å²) in [6, 6.07) is 6.05. The average Bonchev–Trinajstić information content (AvgIpc) is 3.27. The molecule has 8 nitrogen and oxygen atoms in total. The van der Waals surface area contributed by atoms with Crippen molar-refractivity contribution < 1.29 is 4.79 Å². The number of anilines is 3. The molecule has 4 heterocycles. The molecule has 2 aromatic heterocycles. The van der Waals surface area contributed by atoms with Gasteiger partial charge in [0.05, 0.1) is 23.6 Å². The van der Waals surface area contributed by atoms with Crippen molar-refractivity contribution in [2.75, 3.05) is 37.4 Å². The molecule has 1 amide bonds. The molecule has 2 aliphatic heterocycles. The molecule has 1 saturated heterocycles. The lowest BCUT2D eigenvalue weighted by atomic mass is 10.1. The Labute approximate surface area is 159 Å². The topological polar surface area (TPSA) is 78.3 Å². The number of aryl methyl sites for hydroxylation is 1. The molecule has 8 heteroatoms. The number of amides is 1. The van der Waals surface area contributed by atoms with Crippen molar-refractivity contribution in [2.24, 2.45) is 7.05 Å². The number of pyridine rings is 1. The number of hydrogen-bond acceptors (Lipinski definition) is 6. The zero-order valence-electron chi connectivity index (χ0n) is 16.1. The van der Waals surface area contributed by atoms with Crippen LogP contribution in [0.1, 0.15) is 18.5 Å². The molecule has 27 heavy (non-hydrogen) atoms. The van der Waals surface area contributed by atoms with E-state index in [0.29, 0.717) is 0 Å². The number of carbonyl (C=O) groups excluding carboxylic acids is 1. The first-order chi connectivity index (χ1) is 13.0. The Kier molecular flexibility index (Phi) is 4.73. The highest BCUT2D eigenvalue weighted by Gasteiger charge is 2.31. The van der Waals surface area contributed by atoms with Crippen molar-refractivity contribution in [1.29, 1.82) is 0 Å². The van der Waals surface area contributed by atoms with Gasteiger partial charge in [-0.1, -0.05) is 6.07 Å². The van der Waals surface area contributed by atoms with Crippen LogP contribution in [-0.4, -0.2) is 64.8 Å². The van der Waals surface area contributed by atoms with Gasteiger partial charge in [-0.15, -0.1) is 0 Å². The van der Waals surface area contributed by atoms with Crippen LogP contribution in [0.15, 0.2) is 24.4 Å². The van der Waals surface area contributed by atoms with Crippen LogP contribution in [0.4, 0.5) is 17.3 Å². The van der Waals surface area contributed by atoms with Gasteiger partial charge in [0, 0.05) is 40.3 Å². The third kappa shape index (κ3) is 3.49. The van der Waals surface area contributed by atoms with Crippen LogP contribution in [0, 0.1) is 0 Å². The van der Waals surface area contributed by atoms with E-state index in [-0.39, 0.29) is 18.0 Å². The number of likely N-dealkylation sites (N-methyl/N-ethyl adjacent to an activating group) is 1. The minimum absolute atomic E-state index is 0.129. The maximum Gasteiger partial charge on any atom is 0.239 e. The van der Waals surface area contributed by atoms with Gasteiger partial charge in [-0.05, 0) is 31.4 Å². The fraction of sp³-hybridized carbons (Fsp3) is 0.526. The molecule has 2 aliphatic rings. The van der Waals surface area contributed by atoms with E-state index in [2.05, 4.69) is 20.6 Å². The summed E-state index contributed by atoms with van der Waals surface area (Å²) in [5.74, 6) is 1.87. The van der Waals surface area contributed by atoms with Gasteiger partial charge in [0.25, 0.3) is 0 Å². The molecule has 2 N–H and O–H groups in total. The van der Waals surface area contributed by atoms with E-state index in [9.17, 15) is 4.79 Å². The maximum atomic E-state index is 12.7. The van der Waals surface area contributed by atoms with E-state index in [0.717, 1.165) is 55.4 Å². The molecule has 0 aliphatic carbocycles. The first kappa shape index (κ1) is 17.8. The van der Waals surface area contributed by atoms with E-state index < -0.39 is 0 Å². The van der Waals surface area contributed by atoms with Gasteiger partial charge in [-0.25, -0.2) is 4.98 Å². The Morgan fingerprint density at radius 2 is 2.07 bits per heavy atom. The van der Waals surface area contributed by atoms with Gasteiger partial charge in [0.2, 0.25) is 5.91 Å². The lowest BCUT2D eigenvalue weighted by Crippen LogP contribution is -2.42. The molecule has 0 spiro atoms. The highest BCUT2D eigenvalue weighted by Crippen LogP contribution is 2.28. The van der Waals surface area contributed by atoms with Crippen LogP contribution in [0.5, 0.6) is 0 Å². The number of aromatic nitrogens is 3. The number of carbonyl (C=O) groups is 1. The van der Waals surface area contributed by atoms with Gasteiger partial charge in [0.15, 0.2) is 0 Å². The van der Waals surface area contributed by atoms with Crippen molar-refractivity contribution in [3.63, 3.8) is 0 Å². The molecule has 0 aromatic carbocycles. The maximum absolute atomic E-state index is 12.7.